The first-order valence-electron chi connectivity index (χ1n) is 34.8. The quantitative estimate of drug-likeness (QED) is 0.0185. The number of hydrogen-bond acceptors (Lipinski definition) is 22. The number of hydrogen-bond donors (Lipinski definition) is 5. The monoisotopic (exact) mass is 1530 g/mol. The molecular weight excluding hydrogens is 1440 g/mol. The van der Waals surface area contributed by atoms with Gasteiger partial charge < -0.3 is 87.9 Å². The van der Waals surface area contributed by atoms with Gasteiger partial charge in [0, 0.05) is 49.3 Å². The van der Waals surface area contributed by atoms with Gasteiger partial charge in [-0.3, -0.25) is 0 Å². The van der Waals surface area contributed by atoms with Gasteiger partial charge in [-0.2, -0.15) is 8.61 Å². The van der Waals surface area contributed by atoms with E-state index in [1.54, 1.807) is 12.1 Å². The summed E-state index contributed by atoms with van der Waals surface area (Å²) in [6.07, 6.45) is 3.39. The highest BCUT2D eigenvalue weighted by Gasteiger charge is 2.46. The van der Waals surface area contributed by atoms with Crippen LogP contribution in [-0.4, -0.2) is 218 Å². The Balaban J connectivity index is 0.000000200. The Morgan fingerprint density at radius 2 is 1.02 bits per heavy atom. The highest BCUT2D eigenvalue weighted by atomic mass is 127. The molecule has 6 saturated heterocycles. The molecule has 8 aliphatic rings. The summed E-state index contributed by atoms with van der Waals surface area (Å²) in [7, 11) is -8.10. The van der Waals surface area contributed by atoms with Gasteiger partial charge in [0.25, 0.3) is 0 Å². The number of amides is 2. The molecule has 26 nitrogen and oxygen atoms in total. The van der Waals surface area contributed by atoms with Crippen molar-refractivity contribution in [3.8, 4) is 34.5 Å². The van der Waals surface area contributed by atoms with Crippen molar-refractivity contribution in [2.45, 2.75) is 151 Å². The SMILES string of the molecule is C1CCNC1.CC(C)CN(C[C@@H](O)[C@H](Cc1ccc(OCCCI)cc1)NC(=O)O[C@@H]1CO[C@H]2OCC[C@H]21)S(=O)(=O)c1ccc2c(c1)OCO2.CC(C)CN(C[C@@H](O)[C@H](Cc1ccc(OCCCN2CCCC2)cc1)NC(=O)O[C@@H]1CO[C@H]2OCC[C@H]21)S(=O)(=O)c1ccc2c(c1)OCO2. The minimum absolute atomic E-state index is 0.0175. The van der Waals surface area contributed by atoms with Gasteiger partial charge in [0.05, 0.1) is 85.6 Å². The summed E-state index contributed by atoms with van der Waals surface area (Å²) in [5, 5.41) is 32.1. The number of rotatable bonds is 31. The van der Waals surface area contributed by atoms with Crippen LogP contribution in [0.1, 0.15) is 90.2 Å². The highest BCUT2D eigenvalue weighted by molar-refractivity contribution is 14.1. The van der Waals surface area contributed by atoms with Gasteiger partial charge in [0.1, 0.15) is 23.7 Å². The zero-order valence-electron chi connectivity index (χ0n) is 57.1. The molecule has 8 aliphatic heterocycles. The number of ether oxygens (including phenoxy) is 12. The topological polar surface area (TPSA) is 299 Å². The van der Waals surface area contributed by atoms with Gasteiger partial charge in [-0.15, -0.1) is 0 Å². The van der Waals surface area contributed by atoms with Crippen molar-refractivity contribution in [1.29, 1.82) is 0 Å². The maximum Gasteiger partial charge on any atom is 0.407 e. The Bertz CT molecular complexity index is 3420. The number of aliphatic hydroxyl groups excluding tert-OH is 2. The molecule has 0 aliphatic carbocycles. The summed E-state index contributed by atoms with van der Waals surface area (Å²) in [6.45, 7) is 16.0. The molecule has 8 heterocycles. The second-order valence-corrected chi connectivity index (χ2v) is 31.8. The Labute approximate surface area is 595 Å². The van der Waals surface area contributed by atoms with Gasteiger partial charge in [-0.05, 0) is 162 Å². The maximum atomic E-state index is 13.9. The van der Waals surface area contributed by atoms with E-state index < -0.39 is 68.7 Å². The number of fused-ring (bicyclic) bond motifs is 4. The fourth-order valence-corrected chi connectivity index (χ4v) is 16.6. The van der Waals surface area contributed by atoms with E-state index in [0.717, 1.165) is 72.4 Å². The van der Waals surface area contributed by atoms with Crippen molar-refractivity contribution < 1.29 is 93.5 Å². The van der Waals surface area contributed by atoms with Gasteiger partial charge in [-0.1, -0.05) is 74.6 Å². The summed E-state index contributed by atoms with van der Waals surface area (Å²) >= 11 is 2.30. The number of benzene rings is 4. The second-order valence-electron chi connectivity index (χ2n) is 26.8. The molecule has 4 aromatic carbocycles. The average molecular weight is 1540 g/mol. The molecule has 12 rings (SSSR count). The number of carbonyl (C=O) groups is 2. The Hall–Kier alpha value is -5.55. The molecule has 29 heteroatoms. The van der Waals surface area contributed by atoms with E-state index in [1.807, 2.05) is 76.2 Å². The molecule has 0 radical (unpaired) electrons. The number of carbonyl (C=O) groups excluding carboxylic acids is 2. The molecule has 10 atom stereocenters. The number of sulfonamides is 2. The fourth-order valence-electron chi connectivity index (χ4n) is 13.0. The van der Waals surface area contributed by atoms with Crippen molar-refractivity contribution in [2.75, 3.05) is 117 Å². The van der Waals surface area contributed by atoms with E-state index >= 15 is 0 Å². The molecular formula is C70H99IN6O20S2. The number of nitrogens with one attached hydrogen (secondary N) is 3. The van der Waals surface area contributed by atoms with Crippen LogP contribution in [0.3, 0.4) is 0 Å². The summed E-state index contributed by atoms with van der Waals surface area (Å²) < 4.78 is 126. The van der Waals surface area contributed by atoms with Crippen LogP contribution in [0.5, 0.6) is 34.5 Å². The number of alkyl halides is 1. The third-order valence-corrected chi connectivity index (χ3v) is 22.7. The first-order chi connectivity index (χ1) is 47.8. The van der Waals surface area contributed by atoms with Crippen LogP contribution in [0.4, 0.5) is 9.59 Å². The number of halogens is 1. The minimum atomic E-state index is -4.05. The van der Waals surface area contributed by atoms with Crippen molar-refractivity contribution in [2.24, 2.45) is 23.7 Å². The van der Waals surface area contributed by atoms with Gasteiger partial charge in [0.2, 0.25) is 33.6 Å². The van der Waals surface area contributed by atoms with Crippen LogP contribution in [0.2, 0.25) is 0 Å². The number of alkyl carbamates (subject to hydrolysis) is 2. The first kappa shape index (κ1) is 76.1. The van der Waals surface area contributed by atoms with Crippen LogP contribution in [-0.2, 0) is 61.3 Å². The van der Waals surface area contributed by atoms with Gasteiger partial charge in [0.15, 0.2) is 35.6 Å². The normalized spacial score (nSPS) is 22.7. The van der Waals surface area contributed by atoms with Crippen molar-refractivity contribution in [3.63, 3.8) is 0 Å². The largest absolute Gasteiger partial charge is 0.494 e. The lowest BCUT2D eigenvalue weighted by atomic mass is 10.0. The van der Waals surface area contributed by atoms with Crippen LogP contribution in [0.25, 0.3) is 0 Å². The molecule has 0 saturated carbocycles. The summed E-state index contributed by atoms with van der Waals surface area (Å²) in [5.74, 6) is 2.91. The lowest BCUT2D eigenvalue weighted by Gasteiger charge is -2.31. The molecule has 4 aromatic rings. The Kier molecular flexibility index (Phi) is 28.5. The molecule has 5 N–H and O–H groups in total. The summed E-state index contributed by atoms with van der Waals surface area (Å²) in [6, 6.07) is 22.1. The molecule has 6 fully saturated rings. The molecule has 0 aromatic heterocycles. The van der Waals surface area contributed by atoms with Crippen LogP contribution in [0.15, 0.2) is 94.7 Å². The number of nitrogens with zero attached hydrogens (tertiary/aromatic N) is 3. The molecule has 2 amide bonds. The van der Waals surface area contributed by atoms with Crippen LogP contribution in [0, 0.1) is 23.7 Å². The molecule has 0 unspecified atom stereocenters. The van der Waals surface area contributed by atoms with Gasteiger partial charge in [-0.25, -0.2) is 26.4 Å². The Morgan fingerprint density at radius 3 is 1.43 bits per heavy atom. The van der Waals surface area contributed by atoms with Crippen molar-refractivity contribution in [3.05, 3.63) is 96.1 Å². The lowest BCUT2D eigenvalue weighted by Crippen LogP contribution is -2.51. The third kappa shape index (κ3) is 21.8. The van der Waals surface area contributed by atoms with Crippen LogP contribution >= 0.6 is 22.6 Å². The second kappa shape index (κ2) is 37.1. The molecule has 0 spiro atoms. The average Bonchev–Trinajstić information content (AvgIpc) is 1.54. The van der Waals surface area contributed by atoms with E-state index in [9.17, 15) is 36.6 Å². The Morgan fingerprint density at radius 1 is 0.586 bits per heavy atom. The zero-order chi connectivity index (χ0) is 69.9. The van der Waals surface area contributed by atoms with E-state index in [-0.39, 0.29) is 112 Å². The molecule has 548 valence electrons. The molecule has 99 heavy (non-hydrogen) atoms. The number of likely N-dealkylation sites (tertiary alicyclic amines) is 1. The molecule has 0 bridgehead atoms. The predicted molar refractivity (Wildman–Crippen MR) is 374 cm³/mol. The van der Waals surface area contributed by atoms with E-state index in [2.05, 4.69) is 43.4 Å². The smallest absolute Gasteiger partial charge is 0.407 e. The minimum Gasteiger partial charge on any atom is -0.494 e. The number of aliphatic hydroxyl groups is 2. The predicted octanol–water partition coefficient (Wildman–Crippen LogP) is 7.48. The maximum absolute atomic E-state index is 13.9. The fraction of sp³-hybridized carbons (Fsp3) is 0.629. The lowest BCUT2D eigenvalue weighted by molar-refractivity contribution is -0.0909. The zero-order valence-corrected chi connectivity index (χ0v) is 60.9. The summed E-state index contributed by atoms with van der Waals surface area (Å²) in [5.41, 5.74) is 1.65. The van der Waals surface area contributed by atoms with Crippen LogP contribution < -0.4 is 44.4 Å². The standard InChI is InChI=1S/C35H49N3O10S.C31H41IN2O10S.C4H9N/c1-24(2)20-38(49(41,42)27-10-11-31-32(19-27)47-23-46-31)21-30(39)29(36-35(40)48-33-22-45-34-28(33)12-17-44-34)18-25-6-8-26(9-7-25)43-16-5-15-37-13-3-4-14-37;1-20(2)16-34(45(37,38)23-8-9-27-28(15-23)43-19-42-27)17-26(35)25(14-21-4-6-22(7-5-21)39-12-3-11-32)33-31(36)44-29-18-41-30-24(29)10-13-40-30;1-2-4-5-3-1/h6-11,19,24,28-30,33-34,39H,3-5,12-18,20-23H2,1-2H3,(H,36,40);4-9,15,20,24-26,29-30,35H,3,10-14,16-19H2,1-2H3,(H,33,36);5H,1-4H2/t28-,29-,30+,33+,34+;24-,25-,26+,29+,30+;/m00./s1. The van der Waals surface area contributed by atoms with E-state index in [0.29, 0.717) is 49.4 Å². The summed E-state index contributed by atoms with van der Waals surface area (Å²) in [4.78, 5) is 28.9. The first-order valence-corrected chi connectivity index (χ1v) is 39.2. The van der Waals surface area contributed by atoms with Gasteiger partial charge >= 0.3 is 12.2 Å². The van der Waals surface area contributed by atoms with E-state index in [1.165, 1.54) is 71.6 Å². The van der Waals surface area contributed by atoms with E-state index in [4.69, 9.17) is 56.8 Å². The third-order valence-electron chi connectivity index (χ3n) is 18.3. The van der Waals surface area contributed by atoms with Crippen molar-refractivity contribution in [1.82, 2.24) is 29.5 Å². The highest BCUT2D eigenvalue weighted by Crippen LogP contribution is 2.38. The van der Waals surface area contributed by atoms with Crippen molar-refractivity contribution >= 4 is 54.8 Å².